The van der Waals surface area contributed by atoms with Gasteiger partial charge in [-0.25, -0.2) is 5.01 Å². The minimum Gasteiger partial charge on any atom is -0.317 e. The normalized spacial score (nSPS) is 23.1. The first-order valence-electron chi connectivity index (χ1n) is 8.21. The van der Waals surface area contributed by atoms with Gasteiger partial charge >= 0.3 is 0 Å². The number of amides is 1. The highest BCUT2D eigenvalue weighted by Gasteiger charge is 2.41. The van der Waals surface area contributed by atoms with E-state index in [2.05, 4.69) is 39.8 Å². The third kappa shape index (κ3) is 3.16. The van der Waals surface area contributed by atoms with Crippen molar-refractivity contribution in [3.63, 3.8) is 0 Å². The van der Waals surface area contributed by atoms with Crippen LogP contribution in [0.2, 0.25) is 0 Å². The fraction of sp³-hybridized carbons (Fsp3) is 0.588. The summed E-state index contributed by atoms with van der Waals surface area (Å²) in [6.45, 7) is 5.58. The Morgan fingerprint density at radius 1 is 1.09 bits per heavy atom. The Balaban J connectivity index is 1.76. The second-order valence-electron chi connectivity index (χ2n) is 6.43. The summed E-state index contributed by atoms with van der Waals surface area (Å²) in [6, 6.07) is 10.3. The maximum absolute atomic E-state index is 13.1. The molecule has 2 saturated heterocycles. The lowest BCUT2D eigenvalue weighted by Crippen LogP contribution is -2.58. The Morgan fingerprint density at radius 3 is 2.36 bits per heavy atom. The van der Waals surface area contributed by atoms with Gasteiger partial charge in [0.25, 0.3) is 0 Å². The number of hydrazine groups is 1. The van der Waals surface area contributed by atoms with Gasteiger partial charge < -0.3 is 10.2 Å². The lowest BCUT2D eigenvalue weighted by atomic mass is 9.72. The van der Waals surface area contributed by atoms with Crippen LogP contribution in [0.1, 0.15) is 18.4 Å². The molecule has 2 aliphatic heterocycles. The van der Waals surface area contributed by atoms with Crippen molar-refractivity contribution < 1.29 is 4.79 Å². The third-order valence-electron chi connectivity index (χ3n) is 4.98. The van der Waals surface area contributed by atoms with Gasteiger partial charge in [0, 0.05) is 26.2 Å². The number of benzene rings is 1. The first kappa shape index (κ1) is 15.5. The van der Waals surface area contributed by atoms with Gasteiger partial charge in [0.15, 0.2) is 0 Å². The third-order valence-corrected chi connectivity index (χ3v) is 4.98. The van der Waals surface area contributed by atoms with Crippen molar-refractivity contribution in [1.29, 1.82) is 0 Å². The number of piperazine rings is 1. The van der Waals surface area contributed by atoms with Gasteiger partial charge in [0.2, 0.25) is 5.91 Å². The molecule has 1 amide bonds. The van der Waals surface area contributed by atoms with Gasteiger partial charge in [-0.3, -0.25) is 10.2 Å². The summed E-state index contributed by atoms with van der Waals surface area (Å²) >= 11 is 0. The number of nitrogens with one attached hydrogen (secondary N) is 2. The van der Waals surface area contributed by atoms with Crippen LogP contribution in [0.15, 0.2) is 30.3 Å². The molecule has 2 fully saturated rings. The predicted molar refractivity (Wildman–Crippen MR) is 87.4 cm³/mol. The van der Waals surface area contributed by atoms with Gasteiger partial charge in [-0.1, -0.05) is 30.3 Å². The highest BCUT2D eigenvalue weighted by Crippen LogP contribution is 2.33. The Bertz CT molecular complexity index is 491. The molecule has 0 radical (unpaired) electrons. The molecular formula is C17H26N4O. The van der Waals surface area contributed by atoms with Crippen molar-refractivity contribution in [3.05, 3.63) is 35.9 Å². The SMILES string of the molecule is CN1CCN(NC(=O)C2(c3ccccc3)CCNCC2)CC1. The molecule has 0 aliphatic carbocycles. The average molecular weight is 302 g/mol. The van der Waals surface area contributed by atoms with Crippen LogP contribution in [0.4, 0.5) is 0 Å². The number of piperidine rings is 1. The molecule has 0 atom stereocenters. The lowest BCUT2D eigenvalue weighted by Gasteiger charge is -2.40. The Labute approximate surface area is 132 Å². The summed E-state index contributed by atoms with van der Waals surface area (Å²) in [5.41, 5.74) is 3.94. The molecule has 1 aromatic rings. The summed E-state index contributed by atoms with van der Waals surface area (Å²) in [7, 11) is 2.12. The van der Waals surface area contributed by atoms with Gasteiger partial charge in [0.05, 0.1) is 5.41 Å². The molecule has 0 saturated carbocycles. The Kier molecular flexibility index (Phi) is 4.76. The van der Waals surface area contributed by atoms with Crippen LogP contribution in [0.5, 0.6) is 0 Å². The second kappa shape index (κ2) is 6.77. The van der Waals surface area contributed by atoms with Crippen LogP contribution in [0.25, 0.3) is 0 Å². The number of hydrogen-bond acceptors (Lipinski definition) is 4. The van der Waals surface area contributed by atoms with Crippen LogP contribution >= 0.6 is 0 Å². The molecule has 0 spiro atoms. The fourth-order valence-electron chi connectivity index (χ4n) is 3.43. The van der Waals surface area contributed by atoms with E-state index in [0.29, 0.717) is 0 Å². The first-order chi connectivity index (χ1) is 10.7. The maximum Gasteiger partial charge on any atom is 0.245 e. The zero-order valence-corrected chi connectivity index (χ0v) is 13.3. The van der Waals surface area contributed by atoms with Crippen LogP contribution < -0.4 is 10.7 Å². The molecule has 0 unspecified atom stereocenters. The molecule has 5 nitrogen and oxygen atoms in total. The van der Waals surface area contributed by atoms with Crippen molar-refractivity contribution in [2.75, 3.05) is 46.3 Å². The predicted octanol–water partition coefficient (Wildman–Crippen LogP) is 0.586. The molecule has 1 aromatic carbocycles. The van der Waals surface area contributed by atoms with Crippen LogP contribution in [-0.4, -0.2) is 62.1 Å². The standard InChI is InChI=1S/C17H26N4O/c1-20-11-13-21(14-12-20)19-16(22)17(7-9-18-10-8-17)15-5-3-2-4-6-15/h2-6,18H,7-14H2,1H3,(H,19,22). The molecule has 5 heteroatoms. The van der Waals surface area contributed by atoms with E-state index in [9.17, 15) is 4.79 Å². The van der Waals surface area contributed by atoms with Crippen molar-refractivity contribution in [2.45, 2.75) is 18.3 Å². The van der Waals surface area contributed by atoms with E-state index >= 15 is 0 Å². The number of hydrogen-bond donors (Lipinski definition) is 2. The van der Waals surface area contributed by atoms with Crippen LogP contribution in [-0.2, 0) is 10.2 Å². The number of rotatable bonds is 3. The number of carbonyl (C=O) groups is 1. The summed E-state index contributed by atoms with van der Waals surface area (Å²) < 4.78 is 0. The van der Waals surface area contributed by atoms with E-state index in [1.807, 2.05) is 18.2 Å². The zero-order chi connectivity index (χ0) is 15.4. The maximum atomic E-state index is 13.1. The molecule has 2 aliphatic rings. The summed E-state index contributed by atoms with van der Waals surface area (Å²) in [5, 5.41) is 5.45. The smallest absolute Gasteiger partial charge is 0.245 e. The summed E-state index contributed by atoms with van der Waals surface area (Å²) in [4.78, 5) is 15.4. The minimum atomic E-state index is -0.393. The molecule has 0 bridgehead atoms. The first-order valence-corrected chi connectivity index (χ1v) is 8.21. The highest BCUT2D eigenvalue weighted by atomic mass is 16.2. The largest absolute Gasteiger partial charge is 0.317 e. The second-order valence-corrected chi connectivity index (χ2v) is 6.43. The zero-order valence-electron chi connectivity index (χ0n) is 13.3. The number of likely N-dealkylation sites (N-methyl/N-ethyl adjacent to an activating group) is 1. The van der Waals surface area contributed by atoms with Crippen molar-refractivity contribution >= 4 is 5.91 Å². The van der Waals surface area contributed by atoms with Crippen molar-refractivity contribution in [2.24, 2.45) is 0 Å². The van der Waals surface area contributed by atoms with Crippen molar-refractivity contribution in [3.8, 4) is 0 Å². The fourth-order valence-corrected chi connectivity index (χ4v) is 3.43. The molecule has 2 heterocycles. The van der Waals surface area contributed by atoms with E-state index in [0.717, 1.165) is 57.7 Å². The van der Waals surface area contributed by atoms with E-state index < -0.39 is 5.41 Å². The molecule has 2 N–H and O–H groups in total. The monoisotopic (exact) mass is 302 g/mol. The Morgan fingerprint density at radius 2 is 1.73 bits per heavy atom. The van der Waals surface area contributed by atoms with Crippen molar-refractivity contribution in [1.82, 2.24) is 20.7 Å². The average Bonchev–Trinajstić information content (AvgIpc) is 2.58. The van der Waals surface area contributed by atoms with Crippen LogP contribution in [0.3, 0.4) is 0 Å². The molecule has 120 valence electrons. The van der Waals surface area contributed by atoms with Gasteiger partial charge in [-0.15, -0.1) is 0 Å². The van der Waals surface area contributed by atoms with E-state index in [4.69, 9.17) is 0 Å². The van der Waals surface area contributed by atoms with Crippen LogP contribution in [0, 0.1) is 0 Å². The molecule has 0 aromatic heterocycles. The number of carbonyl (C=O) groups excluding carboxylic acids is 1. The topological polar surface area (TPSA) is 47.6 Å². The molecule has 3 rings (SSSR count). The van der Waals surface area contributed by atoms with E-state index in [1.165, 1.54) is 0 Å². The van der Waals surface area contributed by atoms with Gasteiger partial charge in [-0.2, -0.15) is 0 Å². The molecular weight excluding hydrogens is 276 g/mol. The Hall–Kier alpha value is -1.43. The summed E-state index contributed by atoms with van der Waals surface area (Å²) in [6.07, 6.45) is 1.72. The quantitative estimate of drug-likeness (QED) is 0.858. The lowest BCUT2D eigenvalue weighted by molar-refractivity contribution is -0.133. The number of nitrogens with zero attached hydrogens (tertiary/aromatic N) is 2. The summed E-state index contributed by atoms with van der Waals surface area (Å²) in [5.74, 6) is 0.157. The van der Waals surface area contributed by atoms with Gasteiger partial charge in [-0.05, 0) is 38.5 Å². The van der Waals surface area contributed by atoms with Gasteiger partial charge in [0.1, 0.15) is 0 Å². The molecule has 22 heavy (non-hydrogen) atoms. The highest BCUT2D eigenvalue weighted by molar-refractivity contribution is 5.88. The van der Waals surface area contributed by atoms with E-state index in [1.54, 1.807) is 0 Å². The van der Waals surface area contributed by atoms with E-state index in [-0.39, 0.29) is 5.91 Å². The minimum absolute atomic E-state index is 0.157.